The topological polar surface area (TPSA) is 82.1 Å². The molecule has 0 radical (unpaired) electrons. The Labute approximate surface area is 265 Å². The Morgan fingerprint density at radius 2 is 1.04 bits per heavy atom. The molecule has 0 unspecified atom stereocenters. The number of piperazine rings is 2. The van der Waals surface area contributed by atoms with Crippen LogP contribution in [0.5, 0.6) is 0 Å². The van der Waals surface area contributed by atoms with Crippen LogP contribution in [0.15, 0.2) is 36.4 Å². The normalized spacial score (nSPS) is 20.7. The van der Waals surface area contributed by atoms with Crippen LogP contribution in [-0.4, -0.2) is 90.0 Å². The molecular formula is C32H42F6N6O2. The summed E-state index contributed by atoms with van der Waals surface area (Å²) in [6.45, 7) is 9.50. The largest absolute Gasteiger partial charge is 0.416 e. The molecule has 2 aliphatic heterocycles. The van der Waals surface area contributed by atoms with Gasteiger partial charge in [0, 0.05) is 96.4 Å². The first-order valence-electron chi connectivity index (χ1n) is 15.9. The van der Waals surface area contributed by atoms with Gasteiger partial charge in [0.05, 0.1) is 16.1 Å². The van der Waals surface area contributed by atoms with Gasteiger partial charge in [-0.15, -0.1) is 0 Å². The zero-order valence-electron chi connectivity index (χ0n) is 25.8. The zero-order valence-corrected chi connectivity index (χ0v) is 25.8. The quantitative estimate of drug-likeness (QED) is 0.155. The first-order valence-corrected chi connectivity index (χ1v) is 15.9. The highest BCUT2D eigenvalue weighted by Gasteiger charge is 2.36. The molecule has 2 aliphatic carbocycles. The number of alkyl halides is 6. The van der Waals surface area contributed by atoms with Crippen LogP contribution in [0.3, 0.4) is 0 Å². The summed E-state index contributed by atoms with van der Waals surface area (Å²) in [6.07, 6.45) is -3.69. The lowest BCUT2D eigenvalue weighted by molar-refractivity contribution is -0.385. The third-order valence-corrected chi connectivity index (χ3v) is 9.19. The molecule has 2 N–H and O–H groups in total. The Kier molecular flexibility index (Phi) is 10.8. The molecule has 0 spiro atoms. The van der Waals surface area contributed by atoms with E-state index in [1.165, 1.54) is 37.8 Å². The third-order valence-electron chi connectivity index (χ3n) is 9.19. The molecule has 0 bridgehead atoms. The van der Waals surface area contributed by atoms with Crippen molar-refractivity contribution in [2.24, 2.45) is 11.8 Å². The average Bonchev–Trinajstić information content (AvgIpc) is 3.93. The Hall–Kier alpha value is -2.94. The number of nitrogen functional groups attached to an aromatic ring is 1. The van der Waals surface area contributed by atoms with E-state index in [1.54, 1.807) is 6.07 Å². The van der Waals surface area contributed by atoms with Crippen molar-refractivity contribution in [1.29, 1.82) is 0 Å². The molecule has 2 saturated heterocycles. The molecule has 2 aromatic rings. The number of benzene rings is 2. The zero-order chi connectivity index (χ0) is 33.1. The Morgan fingerprint density at radius 1 is 0.652 bits per heavy atom. The number of nitrogens with two attached hydrogens (primary N) is 1. The maximum atomic E-state index is 13.2. The predicted molar refractivity (Wildman–Crippen MR) is 163 cm³/mol. The number of non-ortho nitro benzene ring substituents is 1. The van der Waals surface area contributed by atoms with Crippen LogP contribution in [0.25, 0.3) is 0 Å². The molecule has 254 valence electrons. The number of rotatable bonds is 9. The SMILES string of the molecule is Nc1ccc(CN2CCN(CC3CC3)CC2)c(C(F)(F)F)c1.O=[N+]([O-])c1ccc(CN2CCN(CC3CC3)CC2)c(C(F)(F)F)c1. The molecule has 0 atom stereocenters. The summed E-state index contributed by atoms with van der Waals surface area (Å²) in [6, 6.07) is 7.12. The molecule has 14 heteroatoms. The van der Waals surface area contributed by atoms with Crippen LogP contribution in [-0.2, 0) is 25.4 Å². The minimum absolute atomic E-state index is 0.101. The third kappa shape index (κ3) is 10.0. The summed E-state index contributed by atoms with van der Waals surface area (Å²) in [5.74, 6) is 1.67. The first-order chi connectivity index (χ1) is 21.7. The molecule has 4 fully saturated rings. The van der Waals surface area contributed by atoms with Gasteiger partial charge in [0.2, 0.25) is 0 Å². The van der Waals surface area contributed by atoms with Gasteiger partial charge in [-0.1, -0.05) is 12.1 Å². The Balaban J connectivity index is 0.000000182. The van der Waals surface area contributed by atoms with E-state index in [-0.39, 0.29) is 17.8 Å². The van der Waals surface area contributed by atoms with E-state index in [0.717, 1.165) is 89.4 Å². The highest BCUT2D eigenvalue weighted by atomic mass is 19.4. The van der Waals surface area contributed by atoms with Crippen LogP contribution < -0.4 is 5.73 Å². The van der Waals surface area contributed by atoms with Crippen molar-refractivity contribution >= 4 is 11.4 Å². The fourth-order valence-corrected chi connectivity index (χ4v) is 6.15. The van der Waals surface area contributed by atoms with Crippen molar-refractivity contribution in [2.45, 2.75) is 51.1 Å². The average molecular weight is 657 g/mol. The van der Waals surface area contributed by atoms with Crippen molar-refractivity contribution in [3.8, 4) is 0 Å². The van der Waals surface area contributed by atoms with Gasteiger partial charge in [-0.05, 0) is 60.8 Å². The van der Waals surface area contributed by atoms with E-state index in [2.05, 4.69) is 14.7 Å². The van der Waals surface area contributed by atoms with Gasteiger partial charge < -0.3 is 15.5 Å². The van der Waals surface area contributed by atoms with Gasteiger partial charge in [-0.2, -0.15) is 26.3 Å². The van der Waals surface area contributed by atoms with Crippen LogP contribution in [0.1, 0.15) is 47.9 Å². The number of hydrogen-bond donors (Lipinski definition) is 1. The van der Waals surface area contributed by atoms with Gasteiger partial charge >= 0.3 is 12.4 Å². The smallest absolute Gasteiger partial charge is 0.399 e. The van der Waals surface area contributed by atoms with Crippen LogP contribution in [0.4, 0.5) is 37.7 Å². The number of nitrogens with zero attached hydrogens (tertiary/aromatic N) is 5. The van der Waals surface area contributed by atoms with Crippen molar-refractivity contribution in [2.75, 3.05) is 71.2 Å². The number of halogens is 6. The predicted octanol–water partition coefficient (Wildman–Crippen LogP) is 5.96. The molecule has 0 amide bonds. The van der Waals surface area contributed by atoms with E-state index in [0.29, 0.717) is 18.2 Å². The van der Waals surface area contributed by atoms with E-state index in [4.69, 9.17) is 5.73 Å². The summed E-state index contributed by atoms with van der Waals surface area (Å²) in [4.78, 5) is 18.8. The van der Waals surface area contributed by atoms with Gasteiger partial charge in [-0.3, -0.25) is 19.9 Å². The summed E-state index contributed by atoms with van der Waals surface area (Å²) in [7, 11) is 0. The monoisotopic (exact) mass is 656 g/mol. The van der Waals surface area contributed by atoms with Gasteiger partial charge in [0.25, 0.3) is 5.69 Å². The second-order valence-electron chi connectivity index (χ2n) is 13.1. The minimum atomic E-state index is -4.59. The van der Waals surface area contributed by atoms with Gasteiger partial charge in [-0.25, -0.2) is 0 Å². The number of nitro groups is 1. The van der Waals surface area contributed by atoms with E-state index >= 15 is 0 Å². The Morgan fingerprint density at radius 3 is 1.43 bits per heavy atom. The highest BCUT2D eigenvalue weighted by molar-refractivity contribution is 5.46. The van der Waals surface area contributed by atoms with Crippen LogP contribution in [0, 0.1) is 22.0 Å². The fourth-order valence-electron chi connectivity index (χ4n) is 6.15. The lowest BCUT2D eigenvalue weighted by Crippen LogP contribution is -2.46. The molecule has 46 heavy (non-hydrogen) atoms. The molecule has 8 nitrogen and oxygen atoms in total. The molecule has 0 aromatic heterocycles. The standard InChI is InChI=1S/C16H20F3N3O2.C16H22F3N3/c17-16(18,19)15-9-14(22(23)24)4-3-13(15)11-21-7-5-20(6-8-21)10-12-1-2-12;17-16(18,19)15-9-14(20)4-3-13(15)11-22-7-5-21(6-8-22)10-12-1-2-12/h3-4,9,12H,1-2,5-8,10-11H2;3-4,9,12H,1-2,5-8,10-11,20H2. The lowest BCUT2D eigenvalue weighted by atomic mass is 10.0. The summed E-state index contributed by atoms with van der Waals surface area (Å²) in [5.41, 5.74) is 4.05. The molecule has 2 aromatic carbocycles. The number of hydrogen-bond acceptors (Lipinski definition) is 7. The molecular weight excluding hydrogens is 614 g/mol. The molecule has 4 aliphatic rings. The van der Waals surface area contributed by atoms with Crippen molar-refractivity contribution < 1.29 is 31.3 Å². The lowest BCUT2D eigenvalue weighted by Gasteiger charge is -2.35. The van der Waals surface area contributed by atoms with Crippen LogP contribution >= 0.6 is 0 Å². The fraction of sp³-hybridized carbons (Fsp3) is 0.625. The maximum Gasteiger partial charge on any atom is 0.416 e. The number of anilines is 1. The summed E-state index contributed by atoms with van der Waals surface area (Å²) >= 11 is 0. The first kappa shape index (κ1) is 34.4. The highest BCUT2D eigenvalue weighted by Crippen LogP contribution is 2.36. The summed E-state index contributed by atoms with van der Waals surface area (Å²) < 4.78 is 79.0. The maximum absolute atomic E-state index is 13.2. The van der Waals surface area contributed by atoms with Crippen molar-refractivity contribution in [1.82, 2.24) is 19.6 Å². The van der Waals surface area contributed by atoms with E-state index < -0.39 is 34.1 Å². The summed E-state index contributed by atoms with van der Waals surface area (Å²) in [5, 5.41) is 10.7. The van der Waals surface area contributed by atoms with Gasteiger partial charge in [0.1, 0.15) is 0 Å². The van der Waals surface area contributed by atoms with E-state index in [1.807, 2.05) is 4.90 Å². The molecule has 6 rings (SSSR count). The molecule has 2 heterocycles. The second kappa shape index (κ2) is 14.4. The second-order valence-corrected chi connectivity index (χ2v) is 13.1. The van der Waals surface area contributed by atoms with E-state index in [9.17, 15) is 36.5 Å². The van der Waals surface area contributed by atoms with Crippen molar-refractivity contribution in [3.05, 3.63) is 68.8 Å². The number of nitro benzene ring substituents is 1. The van der Waals surface area contributed by atoms with Gasteiger partial charge in [0.15, 0.2) is 0 Å². The Bertz CT molecular complexity index is 1330. The van der Waals surface area contributed by atoms with Crippen molar-refractivity contribution in [3.63, 3.8) is 0 Å². The minimum Gasteiger partial charge on any atom is -0.399 e. The molecule has 2 saturated carbocycles. The van der Waals surface area contributed by atoms with Crippen LogP contribution in [0.2, 0.25) is 0 Å².